The van der Waals surface area contributed by atoms with E-state index in [2.05, 4.69) is 5.32 Å². The van der Waals surface area contributed by atoms with E-state index in [1.54, 1.807) is 32.2 Å². The number of aliphatic carboxylic acids is 1. The summed E-state index contributed by atoms with van der Waals surface area (Å²) in [5.41, 5.74) is -0.673. The van der Waals surface area contributed by atoms with Crippen LogP contribution in [0.1, 0.15) is 25.6 Å². The third kappa shape index (κ3) is 5.48. The van der Waals surface area contributed by atoms with Crippen LogP contribution in [0.3, 0.4) is 0 Å². The largest absolute Gasteiger partial charge is 0.480 e. The van der Waals surface area contributed by atoms with E-state index in [1.807, 2.05) is 0 Å². The van der Waals surface area contributed by atoms with Crippen molar-refractivity contribution in [2.75, 3.05) is 0 Å². The second-order valence-corrected chi connectivity index (χ2v) is 6.34. The Bertz CT molecular complexity index is 467. The lowest BCUT2D eigenvalue weighted by Gasteiger charge is -2.21. The summed E-state index contributed by atoms with van der Waals surface area (Å²) in [6, 6.07) is 0.625. The molecule has 0 aliphatic rings. The highest BCUT2D eigenvalue weighted by Crippen LogP contribution is 2.23. The standard InChI is InChI=1S/C12H16ClNO4S/c1-12(2,3)18-11(17)14-8(10(15)16)6-9-7(13)4-5-19-9/h4-5,8H,6H2,1-3H3,(H,14,17)(H,15,16)/t8-/m1/s1. The van der Waals surface area contributed by atoms with Gasteiger partial charge in [-0.05, 0) is 32.2 Å². The number of ether oxygens (including phenoxy) is 1. The van der Waals surface area contributed by atoms with Crippen LogP contribution in [-0.2, 0) is 16.0 Å². The van der Waals surface area contributed by atoms with Gasteiger partial charge >= 0.3 is 12.1 Å². The average molecular weight is 306 g/mol. The van der Waals surface area contributed by atoms with E-state index in [0.29, 0.717) is 9.90 Å². The van der Waals surface area contributed by atoms with Gasteiger partial charge in [0.15, 0.2) is 0 Å². The Morgan fingerprint density at radius 2 is 2.16 bits per heavy atom. The first-order chi connectivity index (χ1) is 8.69. The molecular formula is C12H16ClNO4S. The van der Waals surface area contributed by atoms with Crippen molar-refractivity contribution in [1.29, 1.82) is 0 Å². The molecular weight excluding hydrogens is 290 g/mol. The quantitative estimate of drug-likeness (QED) is 0.897. The zero-order valence-electron chi connectivity index (χ0n) is 10.9. The molecule has 1 rings (SSSR count). The Balaban J connectivity index is 2.67. The molecule has 0 fully saturated rings. The maximum absolute atomic E-state index is 11.6. The first kappa shape index (κ1) is 15.8. The fraction of sp³-hybridized carbons (Fsp3) is 0.500. The minimum atomic E-state index is -1.13. The number of thiophene rings is 1. The van der Waals surface area contributed by atoms with Gasteiger partial charge in [0.2, 0.25) is 0 Å². The summed E-state index contributed by atoms with van der Waals surface area (Å²) in [5, 5.41) is 13.7. The minimum absolute atomic E-state index is 0.130. The molecule has 0 radical (unpaired) electrons. The molecule has 2 N–H and O–H groups in total. The van der Waals surface area contributed by atoms with Crippen LogP contribution < -0.4 is 5.32 Å². The van der Waals surface area contributed by atoms with E-state index in [-0.39, 0.29) is 6.42 Å². The SMILES string of the molecule is CC(C)(C)OC(=O)N[C@H](Cc1sccc1Cl)C(=O)O. The number of carboxylic acids is 1. The first-order valence-electron chi connectivity index (χ1n) is 5.63. The van der Waals surface area contributed by atoms with Crippen molar-refractivity contribution in [3.05, 3.63) is 21.3 Å². The summed E-state index contributed by atoms with van der Waals surface area (Å²) in [6.07, 6.45) is -0.627. The number of alkyl carbamates (subject to hydrolysis) is 1. The zero-order valence-corrected chi connectivity index (χ0v) is 12.5. The highest BCUT2D eigenvalue weighted by atomic mass is 35.5. The molecule has 0 aliphatic carbocycles. The fourth-order valence-electron chi connectivity index (χ4n) is 1.31. The fourth-order valence-corrected chi connectivity index (χ4v) is 2.47. The summed E-state index contributed by atoms with van der Waals surface area (Å²) in [5.74, 6) is -1.13. The van der Waals surface area contributed by atoms with Crippen LogP contribution in [0.5, 0.6) is 0 Å². The maximum Gasteiger partial charge on any atom is 0.408 e. The lowest BCUT2D eigenvalue weighted by Crippen LogP contribution is -2.44. The Labute approximate surface area is 120 Å². The molecule has 0 unspecified atom stereocenters. The first-order valence-corrected chi connectivity index (χ1v) is 6.89. The minimum Gasteiger partial charge on any atom is -0.480 e. The smallest absolute Gasteiger partial charge is 0.408 e. The summed E-state index contributed by atoms with van der Waals surface area (Å²) < 4.78 is 5.02. The van der Waals surface area contributed by atoms with Crippen molar-refractivity contribution in [2.45, 2.75) is 38.8 Å². The zero-order chi connectivity index (χ0) is 14.6. The molecule has 0 bridgehead atoms. The third-order valence-electron chi connectivity index (χ3n) is 2.07. The predicted molar refractivity (Wildman–Crippen MR) is 73.8 cm³/mol. The van der Waals surface area contributed by atoms with Crippen molar-refractivity contribution in [3.63, 3.8) is 0 Å². The van der Waals surface area contributed by atoms with E-state index in [4.69, 9.17) is 21.4 Å². The van der Waals surface area contributed by atoms with Gasteiger partial charge in [-0.3, -0.25) is 0 Å². The van der Waals surface area contributed by atoms with Gasteiger partial charge < -0.3 is 15.2 Å². The number of hydrogen-bond acceptors (Lipinski definition) is 4. The van der Waals surface area contributed by atoms with E-state index in [9.17, 15) is 9.59 Å². The molecule has 0 aromatic carbocycles. The van der Waals surface area contributed by atoms with Gasteiger partial charge in [0.1, 0.15) is 11.6 Å². The van der Waals surface area contributed by atoms with Gasteiger partial charge in [-0.15, -0.1) is 11.3 Å². The molecule has 7 heteroatoms. The van der Waals surface area contributed by atoms with Crippen molar-refractivity contribution in [3.8, 4) is 0 Å². The van der Waals surface area contributed by atoms with Gasteiger partial charge in [0, 0.05) is 11.3 Å². The topological polar surface area (TPSA) is 75.6 Å². The number of rotatable bonds is 4. The number of carbonyl (C=O) groups is 2. The summed E-state index contributed by atoms with van der Waals surface area (Å²) in [4.78, 5) is 23.4. The normalized spacial score (nSPS) is 12.8. The predicted octanol–water partition coefficient (Wildman–Crippen LogP) is 2.92. The molecule has 106 valence electrons. The average Bonchev–Trinajstić information content (AvgIpc) is 2.60. The molecule has 0 aliphatic heterocycles. The highest BCUT2D eigenvalue weighted by molar-refractivity contribution is 7.10. The molecule has 1 aromatic heterocycles. The molecule has 0 spiro atoms. The lowest BCUT2D eigenvalue weighted by molar-refractivity contribution is -0.139. The summed E-state index contributed by atoms with van der Waals surface area (Å²) in [6.45, 7) is 5.12. The second-order valence-electron chi connectivity index (χ2n) is 4.93. The van der Waals surface area contributed by atoms with Crippen LogP contribution >= 0.6 is 22.9 Å². The van der Waals surface area contributed by atoms with E-state index < -0.39 is 23.7 Å². The number of hydrogen-bond donors (Lipinski definition) is 2. The van der Waals surface area contributed by atoms with E-state index >= 15 is 0 Å². The Morgan fingerprint density at radius 1 is 1.53 bits per heavy atom. The number of carboxylic acid groups (broad SMARTS) is 1. The Kier molecular flexibility index (Phi) is 5.20. The van der Waals surface area contributed by atoms with Crippen LogP contribution in [0.2, 0.25) is 5.02 Å². The van der Waals surface area contributed by atoms with Gasteiger partial charge in [0.25, 0.3) is 0 Å². The Morgan fingerprint density at radius 3 is 2.58 bits per heavy atom. The number of nitrogens with one attached hydrogen (secondary N) is 1. The van der Waals surface area contributed by atoms with Gasteiger partial charge in [-0.1, -0.05) is 11.6 Å². The van der Waals surface area contributed by atoms with Crippen molar-refractivity contribution in [1.82, 2.24) is 5.32 Å². The molecule has 1 atom stereocenters. The third-order valence-corrected chi connectivity index (χ3v) is 3.48. The van der Waals surface area contributed by atoms with E-state index in [1.165, 1.54) is 11.3 Å². The van der Waals surface area contributed by atoms with Crippen LogP contribution in [0.25, 0.3) is 0 Å². The van der Waals surface area contributed by atoms with Gasteiger partial charge in [-0.2, -0.15) is 0 Å². The number of amides is 1. The van der Waals surface area contributed by atoms with Crippen molar-refractivity contribution >= 4 is 35.0 Å². The molecule has 1 amide bonds. The number of halogens is 1. The van der Waals surface area contributed by atoms with Gasteiger partial charge in [-0.25, -0.2) is 9.59 Å². The lowest BCUT2D eigenvalue weighted by atomic mass is 10.2. The summed E-state index contributed by atoms with van der Waals surface area (Å²) >= 11 is 7.25. The molecule has 1 heterocycles. The molecule has 0 saturated heterocycles. The molecule has 0 saturated carbocycles. The van der Waals surface area contributed by atoms with Gasteiger partial charge in [0.05, 0.1) is 5.02 Å². The van der Waals surface area contributed by atoms with E-state index in [0.717, 1.165) is 0 Å². The number of carbonyl (C=O) groups excluding carboxylic acids is 1. The van der Waals surface area contributed by atoms with Crippen molar-refractivity contribution in [2.24, 2.45) is 0 Å². The maximum atomic E-state index is 11.6. The Hall–Kier alpha value is -1.27. The van der Waals surface area contributed by atoms with Crippen LogP contribution in [0.4, 0.5) is 4.79 Å². The van der Waals surface area contributed by atoms with Crippen LogP contribution in [0, 0.1) is 0 Å². The van der Waals surface area contributed by atoms with Crippen molar-refractivity contribution < 1.29 is 19.4 Å². The van der Waals surface area contributed by atoms with Crippen LogP contribution in [0.15, 0.2) is 11.4 Å². The van der Waals surface area contributed by atoms with Crippen LogP contribution in [-0.4, -0.2) is 28.8 Å². The highest BCUT2D eigenvalue weighted by Gasteiger charge is 2.25. The molecule has 1 aromatic rings. The summed E-state index contributed by atoms with van der Waals surface area (Å²) in [7, 11) is 0. The monoisotopic (exact) mass is 305 g/mol. The second kappa shape index (κ2) is 6.25. The molecule has 5 nitrogen and oxygen atoms in total. The molecule has 19 heavy (non-hydrogen) atoms.